The number of nitrogens with two attached hydrogens (primary N) is 1. The van der Waals surface area contributed by atoms with Crippen LogP contribution in [0.2, 0.25) is 10.0 Å². The Kier molecular flexibility index (Phi) is 10.0. The highest BCUT2D eigenvalue weighted by Crippen LogP contribution is 2.39. The third-order valence-electron chi connectivity index (χ3n) is 6.23. The number of carbonyl (C=O) groups excluding carboxylic acids is 1. The fraction of sp³-hybridized carbons (Fsp3) is 0.417. The number of sulfone groups is 1. The van der Waals surface area contributed by atoms with Gasteiger partial charge in [-0.2, -0.15) is 0 Å². The van der Waals surface area contributed by atoms with Crippen LogP contribution in [-0.4, -0.2) is 61.7 Å². The van der Waals surface area contributed by atoms with Crippen LogP contribution in [0.5, 0.6) is 5.75 Å². The van der Waals surface area contributed by atoms with Crippen molar-refractivity contribution >= 4 is 50.7 Å². The van der Waals surface area contributed by atoms with Gasteiger partial charge in [-0.25, -0.2) is 13.2 Å². The van der Waals surface area contributed by atoms with Gasteiger partial charge in [0, 0.05) is 36.3 Å². The van der Waals surface area contributed by atoms with E-state index in [-0.39, 0.29) is 57.1 Å². The van der Waals surface area contributed by atoms with Crippen LogP contribution in [-0.2, 0) is 22.9 Å². The summed E-state index contributed by atoms with van der Waals surface area (Å²) in [5, 5.41) is 13.7. The molecule has 0 aromatic heterocycles. The molecular weight excluding hydrogens is 600 g/mol. The van der Waals surface area contributed by atoms with E-state index in [1.165, 1.54) is 25.1 Å². The highest BCUT2D eigenvalue weighted by atomic mass is 35.5. The SMILES string of the molecule is CCS(=O)(=O)c1ccc(Cl)cc1CNC(=O)c1cc(OC(F)(F)F)c(CN2CCC[C@H](NC(=O)O)C2)c(Cl)c1N. The minimum absolute atomic E-state index is 0.0561. The van der Waals surface area contributed by atoms with Crippen LogP contribution in [0.25, 0.3) is 0 Å². The van der Waals surface area contributed by atoms with E-state index in [0.29, 0.717) is 19.4 Å². The van der Waals surface area contributed by atoms with Gasteiger partial charge in [-0.15, -0.1) is 13.2 Å². The summed E-state index contributed by atoms with van der Waals surface area (Å²) in [5.41, 5.74) is 5.39. The van der Waals surface area contributed by atoms with Gasteiger partial charge in [0.15, 0.2) is 9.84 Å². The Morgan fingerprint density at radius 2 is 1.95 bits per heavy atom. The summed E-state index contributed by atoms with van der Waals surface area (Å²) in [6, 6.07) is 4.42. The van der Waals surface area contributed by atoms with Gasteiger partial charge in [0.05, 0.1) is 26.9 Å². The van der Waals surface area contributed by atoms with E-state index in [1.54, 1.807) is 4.90 Å². The first-order valence-electron chi connectivity index (χ1n) is 12.0. The Morgan fingerprint density at radius 3 is 2.58 bits per heavy atom. The second-order valence-corrected chi connectivity index (χ2v) is 12.1. The van der Waals surface area contributed by atoms with Gasteiger partial charge in [0.1, 0.15) is 5.75 Å². The minimum Gasteiger partial charge on any atom is -0.465 e. The molecule has 0 bridgehead atoms. The number of alkyl halides is 3. The molecule has 2 amide bonds. The zero-order valence-corrected chi connectivity index (χ0v) is 23.5. The van der Waals surface area contributed by atoms with Gasteiger partial charge in [-0.3, -0.25) is 9.69 Å². The monoisotopic (exact) mass is 626 g/mol. The standard InChI is InChI=1S/C24H27Cl2F3N4O6S/c1-2-40(37,38)19-6-5-14(25)8-13(19)10-31-22(34)16-9-18(39-24(27,28)29)17(20(26)21(16)30)12-33-7-3-4-15(11-33)32-23(35)36/h5-6,8-9,15,32H,2-4,7,10-12,30H2,1H3,(H,31,34)(H,35,36)/t15-/m0/s1. The molecule has 0 spiro atoms. The fourth-order valence-corrected chi connectivity index (χ4v) is 5.93. The number of likely N-dealkylation sites (tertiary alicyclic amines) is 1. The van der Waals surface area contributed by atoms with E-state index in [9.17, 15) is 31.2 Å². The summed E-state index contributed by atoms with van der Waals surface area (Å²) in [5.74, 6) is -1.88. The van der Waals surface area contributed by atoms with Gasteiger partial charge >= 0.3 is 12.5 Å². The van der Waals surface area contributed by atoms with Gasteiger partial charge in [0.2, 0.25) is 0 Å². The number of nitrogens with one attached hydrogen (secondary N) is 2. The predicted octanol–water partition coefficient (Wildman–Crippen LogP) is 4.43. The lowest BCUT2D eigenvalue weighted by Gasteiger charge is -2.33. The van der Waals surface area contributed by atoms with Crippen molar-refractivity contribution in [2.24, 2.45) is 0 Å². The Hall–Kier alpha value is -2.94. The number of hydrogen-bond acceptors (Lipinski definition) is 7. The average Bonchev–Trinajstić information content (AvgIpc) is 2.85. The van der Waals surface area contributed by atoms with Crippen LogP contribution in [0.4, 0.5) is 23.7 Å². The van der Waals surface area contributed by atoms with E-state index in [1.807, 2.05) is 0 Å². The van der Waals surface area contributed by atoms with E-state index in [2.05, 4.69) is 15.4 Å². The molecule has 1 aliphatic heterocycles. The summed E-state index contributed by atoms with van der Waals surface area (Å²) in [6.07, 6.45) is -5.21. The van der Waals surface area contributed by atoms with Crippen LogP contribution in [0.1, 0.15) is 41.3 Å². The van der Waals surface area contributed by atoms with Gasteiger partial charge in [-0.1, -0.05) is 30.1 Å². The molecule has 5 N–H and O–H groups in total. The summed E-state index contributed by atoms with van der Waals surface area (Å²) in [4.78, 5) is 25.7. The normalized spacial score (nSPS) is 16.4. The number of ether oxygens (including phenoxy) is 1. The Morgan fingerprint density at radius 1 is 1.25 bits per heavy atom. The third-order valence-corrected chi connectivity index (χ3v) is 8.72. The Bertz CT molecular complexity index is 1390. The van der Waals surface area contributed by atoms with Gasteiger partial charge in [0.25, 0.3) is 5.91 Å². The van der Waals surface area contributed by atoms with Gasteiger partial charge < -0.3 is 26.2 Å². The molecule has 2 aromatic rings. The molecule has 3 rings (SSSR count). The molecule has 40 heavy (non-hydrogen) atoms. The maximum absolute atomic E-state index is 13.3. The lowest BCUT2D eigenvalue weighted by molar-refractivity contribution is -0.275. The number of anilines is 1. The smallest absolute Gasteiger partial charge is 0.465 e. The van der Waals surface area contributed by atoms with Crippen molar-refractivity contribution < 1.29 is 41.0 Å². The van der Waals surface area contributed by atoms with Gasteiger partial charge in [-0.05, 0) is 49.2 Å². The number of rotatable bonds is 9. The summed E-state index contributed by atoms with van der Waals surface area (Å²) < 4.78 is 69.0. The fourth-order valence-electron chi connectivity index (χ4n) is 4.37. The molecule has 1 atom stereocenters. The summed E-state index contributed by atoms with van der Waals surface area (Å²) in [6.45, 7) is 1.62. The molecule has 16 heteroatoms. The number of piperidine rings is 1. The van der Waals surface area contributed by atoms with Crippen molar-refractivity contribution in [3.05, 3.63) is 51.0 Å². The molecule has 0 radical (unpaired) electrons. The third kappa shape index (κ3) is 8.05. The highest BCUT2D eigenvalue weighted by molar-refractivity contribution is 7.91. The molecule has 1 heterocycles. The Balaban J connectivity index is 1.91. The lowest BCUT2D eigenvalue weighted by Crippen LogP contribution is -2.47. The average molecular weight is 627 g/mol. The largest absolute Gasteiger partial charge is 0.573 e. The zero-order chi connectivity index (χ0) is 29.8. The molecule has 2 aromatic carbocycles. The Labute approximate surface area is 238 Å². The first-order valence-corrected chi connectivity index (χ1v) is 14.4. The quantitative estimate of drug-likeness (QED) is 0.298. The number of nitrogens with zero attached hydrogens (tertiary/aromatic N) is 1. The topological polar surface area (TPSA) is 151 Å². The van der Waals surface area contributed by atoms with Crippen LogP contribution in [0.15, 0.2) is 29.2 Å². The second kappa shape index (κ2) is 12.7. The van der Waals surface area contributed by atoms with Crippen LogP contribution in [0, 0.1) is 0 Å². The molecular formula is C24H27Cl2F3N4O6S. The van der Waals surface area contributed by atoms with E-state index in [0.717, 1.165) is 6.07 Å². The first kappa shape index (κ1) is 31.6. The van der Waals surface area contributed by atoms with Crippen molar-refractivity contribution in [2.45, 2.75) is 50.2 Å². The van der Waals surface area contributed by atoms with E-state index < -0.39 is 45.6 Å². The van der Waals surface area contributed by atoms with Crippen molar-refractivity contribution in [2.75, 3.05) is 24.6 Å². The minimum atomic E-state index is -5.12. The number of benzene rings is 2. The maximum atomic E-state index is 13.3. The lowest BCUT2D eigenvalue weighted by atomic mass is 10.0. The molecule has 0 unspecified atom stereocenters. The molecule has 0 aliphatic carbocycles. The molecule has 1 saturated heterocycles. The van der Waals surface area contributed by atoms with Crippen LogP contribution < -0.4 is 21.1 Å². The number of hydrogen-bond donors (Lipinski definition) is 4. The number of nitrogen functional groups attached to an aromatic ring is 1. The molecule has 10 nitrogen and oxygen atoms in total. The van der Waals surface area contributed by atoms with E-state index >= 15 is 0 Å². The highest BCUT2D eigenvalue weighted by Gasteiger charge is 2.35. The van der Waals surface area contributed by atoms with Crippen LogP contribution in [0.3, 0.4) is 0 Å². The van der Waals surface area contributed by atoms with Crippen LogP contribution >= 0.6 is 23.2 Å². The molecule has 1 fully saturated rings. The molecule has 1 aliphatic rings. The van der Waals surface area contributed by atoms with Crippen molar-refractivity contribution in [3.8, 4) is 5.75 Å². The number of halogens is 5. The van der Waals surface area contributed by atoms with Crippen molar-refractivity contribution in [1.29, 1.82) is 0 Å². The molecule has 0 saturated carbocycles. The predicted molar refractivity (Wildman–Crippen MR) is 142 cm³/mol. The number of amides is 2. The summed E-state index contributed by atoms with van der Waals surface area (Å²) >= 11 is 12.4. The maximum Gasteiger partial charge on any atom is 0.573 e. The van der Waals surface area contributed by atoms with Crippen molar-refractivity contribution in [3.63, 3.8) is 0 Å². The van der Waals surface area contributed by atoms with Crippen molar-refractivity contribution in [1.82, 2.24) is 15.5 Å². The number of carboxylic acid groups (broad SMARTS) is 1. The zero-order valence-electron chi connectivity index (χ0n) is 21.1. The molecule has 220 valence electrons. The second-order valence-electron chi connectivity index (χ2n) is 9.04. The first-order chi connectivity index (χ1) is 18.6. The summed E-state index contributed by atoms with van der Waals surface area (Å²) in [7, 11) is -3.67. The van der Waals surface area contributed by atoms with E-state index in [4.69, 9.17) is 34.0 Å². The number of carbonyl (C=O) groups is 2.